The highest BCUT2D eigenvalue weighted by atomic mass is 35.5. The van der Waals surface area contributed by atoms with Crippen LogP contribution >= 0.6 is 12.4 Å². The molecule has 0 spiro atoms. The zero-order chi connectivity index (χ0) is 7.84. The summed E-state index contributed by atoms with van der Waals surface area (Å²) in [5, 5.41) is 12.0. The van der Waals surface area contributed by atoms with Crippen LogP contribution in [0.3, 0.4) is 0 Å². The third-order valence-electron chi connectivity index (χ3n) is 1.68. The predicted octanol–water partition coefficient (Wildman–Crippen LogP) is 1.53. The van der Waals surface area contributed by atoms with Crippen LogP contribution in [0.4, 0.5) is 0 Å². The van der Waals surface area contributed by atoms with Crippen LogP contribution in [0.2, 0.25) is 0 Å². The molecule has 64 valence electrons. The second-order valence-corrected chi connectivity index (χ2v) is 2.59. The first-order chi connectivity index (χ1) is 5.27. The lowest BCUT2D eigenvalue weighted by molar-refractivity contribution is -0.579. The molecule has 4 heteroatoms. The third-order valence-corrected chi connectivity index (χ3v) is 1.68. The number of aryl methyl sites for hydroxylation is 1. The van der Waals surface area contributed by atoms with E-state index in [0.717, 1.165) is 15.8 Å². The number of aromatic amines is 1. The predicted molar refractivity (Wildman–Crippen MR) is 49.2 cm³/mol. The van der Waals surface area contributed by atoms with E-state index in [9.17, 15) is 5.21 Å². The minimum atomic E-state index is 0. The van der Waals surface area contributed by atoms with E-state index in [0.29, 0.717) is 5.65 Å². The fourth-order valence-electron chi connectivity index (χ4n) is 1.21. The molecule has 0 saturated carbocycles. The summed E-state index contributed by atoms with van der Waals surface area (Å²) < 4.78 is 0.836. The Morgan fingerprint density at radius 1 is 1.50 bits per heavy atom. The summed E-state index contributed by atoms with van der Waals surface area (Å²) in [4.78, 5) is 2.98. The van der Waals surface area contributed by atoms with E-state index in [-0.39, 0.29) is 12.4 Å². The standard InChI is InChI=1S/C8H8N2O.ClH/c1-6-5-7-3-2-4-10(11)8(7)9-6;/h2-5,9H,1H3;1H. The van der Waals surface area contributed by atoms with Crippen molar-refractivity contribution >= 4 is 23.4 Å². The van der Waals surface area contributed by atoms with Crippen LogP contribution in [-0.2, 0) is 0 Å². The highest BCUT2D eigenvalue weighted by molar-refractivity contribution is 5.85. The van der Waals surface area contributed by atoms with Gasteiger partial charge in [-0.15, -0.1) is 12.4 Å². The van der Waals surface area contributed by atoms with Crippen LogP contribution in [0.25, 0.3) is 11.0 Å². The van der Waals surface area contributed by atoms with Crippen LogP contribution < -0.4 is 4.73 Å². The first-order valence-corrected chi connectivity index (χ1v) is 3.45. The molecule has 0 unspecified atom stereocenters. The molecular weight excluding hydrogens is 176 g/mol. The van der Waals surface area contributed by atoms with Crippen LogP contribution in [0.15, 0.2) is 24.4 Å². The second-order valence-electron chi connectivity index (χ2n) is 2.59. The van der Waals surface area contributed by atoms with Crippen molar-refractivity contribution in [3.8, 4) is 0 Å². The average Bonchev–Trinajstić information content (AvgIpc) is 2.31. The van der Waals surface area contributed by atoms with Crippen molar-refractivity contribution in [2.75, 3.05) is 0 Å². The summed E-state index contributed by atoms with van der Waals surface area (Å²) in [5.74, 6) is 0. The molecule has 0 aliphatic rings. The topological polar surface area (TPSA) is 42.7 Å². The first kappa shape index (κ1) is 8.87. The summed E-state index contributed by atoms with van der Waals surface area (Å²) in [6, 6.07) is 5.60. The molecule has 12 heavy (non-hydrogen) atoms. The summed E-state index contributed by atoms with van der Waals surface area (Å²) >= 11 is 0. The van der Waals surface area contributed by atoms with E-state index >= 15 is 0 Å². The molecule has 2 heterocycles. The van der Waals surface area contributed by atoms with Crippen LogP contribution in [0.5, 0.6) is 0 Å². The third kappa shape index (κ3) is 1.23. The summed E-state index contributed by atoms with van der Waals surface area (Å²) in [6.07, 6.45) is 1.48. The van der Waals surface area contributed by atoms with E-state index < -0.39 is 0 Å². The number of fused-ring (bicyclic) bond motifs is 1. The molecule has 2 rings (SSSR count). The number of pyridine rings is 1. The van der Waals surface area contributed by atoms with Gasteiger partial charge in [0.1, 0.15) is 0 Å². The molecule has 0 aliphatic heterocycles. The molecule has 0 radical (unpaired) electrons. The van der Waals surface area contributed by atoms with Crippen molar-refractivity contribution in [1.82, 2.24) is 4.98 Å². The van der Waals surface area contributed by atoms with Gasteiger partial charge in [-0.05, 0) is 25.1 Å². The maximum Gasteiger partial charge on any atom is 0.289 e. The molecule has 0 saturated heterocycles. The number of nitrogens with one attached hydrogen (secondary N) is 1. The first-order valence-electron chi connectivity index (χ1n) is 3.45. The fraction of sp³-hybridized carbons (Fsp3) is 0.125. The molecule has 2 aromatic rings. The Bertz CT molecular complexity index is 397. The second kappa shape index (κ2) is 3.03. The maximum absolute atomic E-state index is 11.1. The van der Waals surface area contributed by atoms with Crippen molar-refractivity contribution in [2.24, 2.45) is 0 Å². The highest BCUT2D eigenvalue weighted by Crippen LogP contribution is 2.09. The Morgan fingerprint density at radius 3 is 2.92 bits per heavy atom. The zero-order valence-electron chi connectivity index (χ0n) is 6.57. The SMILES string of the molecule is Cc1cc2ccc[n+]([O-])c2[nH]1.Cl. The summed E-state index contributed by atoms with van der Waals surface area (Å²) in [5.41, 5.74) is 1.64. The zero-order valence-corrected chi connectivity index (χ0v) is 7.39. The maximum atomic E-state index is 11.1. The van der Waals surface area contributed by atoms with E-state index in [1.165, 1.54) is 6.20 Å². The van der Waals surface area contributed by atoms with Gasteiger partial charge in [-0.1, -0.05) is 0 Å². The van der Waals surface area contributed by atoms with Crippen molar-refractivity contribution in [3.63, 3.8) is 0 Å². The number of hydrogen-bond acceptors (Lipinski definition) is 1. The number of hydrogen-bond donors (Lipinski definition) is 1. The molecule has 0 amide bonds. The van der Waals surface area contributed by atoms with Crippen LogP contribution in [-0.4, -0.2) is 4.98 Å². The van der Waals surface area contributed by atoms with Crippen molar-refractivity contribution in [1.29, 1.82) is 0 Å². The van der Waals surface area contributed by atoms with Gasteiger partial charge in [0, 0.05) is 0 Å². The number of H-pyrrole nitrogens is 1. The lowest BCUT2D eigenvalue weighted by atomic mass is 10.3. The van der Waals surface area contributed by atoms with Crippen molar-refractivity contribution in [3.05, 3.63) is 35.3 Å². The van der Waals surface area contributed by atoms with Gasteiger partial charge in [0.15, 0.2) is 0 Å². The van der Waals surface area contributed by atoms with E-state index in [4.69, 9.17) is 0 Å². The average molecular weight is 185 g/mol. The Hall–Kier alpha value is -1.22. The molecule has 2 aromatic heterocycles. The molecule has 0 aliphatic carbocycles. The molecule has 3 nitrogen and oxygen atoms in total. The van der Waals surface area contributed by atoms with Gasteiger partial charge in [-0.2, -0.15) is 0 Å². The van der Waals surface area contributed by atoms with E-state index in [1.54, 1.807) is 6.07 Å². The Morgan fingerprint density at radius 2 is 2.25 bits per heavy atom. The van der Waals surface area contributed by atoms with Crippen molar-refractivity contribution < 1.29 is 4.73 Å². The lowest BCUT2D eigenvalue weighted by Crippen LogP contribution is -2.25. The molecule has 0 fully saturated rings. The normalized spacial score (nSPS) is 9.75. The summed E-state index contributed by atoms with van der Waals surface area (Å²) in [6.45, 7) is 1.93. The monoisotopic (exact) mass is 184 g/mol. The van der Waals surface area contributed by atoms with Gasteiger partial charge in [0.2, 0.25) is 0 Å². The van der Waals surface area contributed by atoms with Gasteiger partial charge >= 0.3 is 0 Å². The van der Waals surface area contributed by atoms with Crippen LogP contribution in [0.1, 0.15) is 5.69 Å². The minimum Gasteiger partial charge on any atom is -0.711 e. The van der Waals surface area contributed by atoms with Gasteiger partial charge in [0.05, 0.1) is 17.3 Å². The Kier molecular flexibility index (Phi) is 2.24. The molecule has 0 aromatic carbocycles. The Labute approximate surface area is 76.0 Å². The number of aromatic nitrogens is 2. The van der Waals surface area contributed by atoms with E-state index in [1.807, 2.05) is 19.1 Å². The molecule has 0 atom stereocenters. The largest absolute Gasteiger partial charge is 0.711 e. The molecular formula is C8H9ClN2O. The molecule has 0 bridgehead atoms. The fourth-order valence-corrected chi connectivity index (χ4v) is 1.21. The smallest absolute Gasteiger partial charge is 0.289 e. The minimum absolute atomic E-state index is 0. The number of rotatable bonds is 0. The van der Waals surface area contributed by atoms with Gasteiger partial charge < -0.3 is 5.21 Å². The summed E-state index contributed by atoms with van der Waals surface area (Å²) in [7, 11) is 0. The number of nitrogens with zero attached hydrogens (tertiary/aromatic N) is 1. The van der Waals surface area contributed by atoms with Gasteiger partial charge in [-0.25, -0.2) is 9.71 Å². The number of halogens is 1. The van der Waals surface area contributed by atoms with Crippen molar-refractivity contribution in [2.45, 2.75) is 6.92 Å². The quantitative estimate of drug-likeness (QED) is 0.490. The van der Waals surface area contributed by atoms with E-state index in [2.05, 4.69) is 4.98 Å². The lowest BCUT2D eigenvalue weighted by Gasteiger charge is -1.99. The van der Waals surface area contributed by atoms with Gasteiger partial charge in [0.25, 0.3) is 5.65 Å². The van der Waals surface area contributed by atoms with Gasteiger partial charge in [-0.3, -0.25) is 0 Å². The molecule has 1 N–H and O–H groups in total. The van der Waals surface area contributed by atoms with Crippen LogP contribution in [0, 0.1) is 12.1 Å². The Balaban J connectivity index is 0.000000720. The highest BCUT2D eigenvalue weighted by Gasteiger charge is 2.03.